The van der Waals surface area contributed by atoms with Crippen molar-refractivity contribution in [3.8, 4) is 0 Å². The molecule has 0 aliphatic heterocycles. The van der Waals surface area contributed by atoms with Gasteiger partial charge in [0, 0.05) is 6.54 Å². The van der Waals surface area contributed by atoms with Crippen molar-refractivity contribution in [2.75, 3.05) is 0 Å². The van der Waals surface area contributed by atoms with Gasteiger partial charge in [-0.15, -0.1) is 0 Å². The molecule has 0 saturated carbocycles. The van der Waals surface area contributed by atoms with Crippen LogP contribution in [0.1, 0.15) is 19.4 Å². The first-order valence-corrected chi connectivity index (χ1v) is 5.62. The molecule has 0 aliphatic carbocycles. The number of benzene rings is 1. The summed E-state index contributed by atoms with van der Waals surface area (Å²) in [5, 5.41) is 2.64. The van der Waals surface area contributed by atoms with Crippen molar-refractivity contribution < 1.29 is 4.79 Å². The highest BCUT2D eigenvalue weighted by Gasteiger charge is 2.16. The van der Waals surface area contributed by atoms with E-state index in [4.69, 9.17) is 0 Å². The van der Waals surface area contributed by atoms with Crippen molar-refractivity contribution in [2.45, 2.75) is 25.6 Å². The molecule has 1 aromatic carbocycles. The molecule has 0 heterocycles. The quantitative estimate of drug-likeness (QED) is 0.753. The molecule has 0 fully saturated rings. The molecule has 1 aromatic rings. The Labute approximate surface area is 96.5 Å². The van der Waals surface area contributed by atoms with Crippen molar-refractivity contribution in [2.24, 2.45) is 5.92 Å². The van der Waals surface area contributed by atoms with Gasteiger partial charge in [0.2, 0.25) is 5.91 Å². The molecule has 1 N–H and O–H groups in total. The molecule has 3 heteroatoms. The van der Waals surface area contributed by atoms with Crippen molar-refractivity contribution >= 4 is 18.5 Å². The van der Waals surface area contributed by atoms with E-state index in [-0.39, 0.29) is 17.1 Å². The van der Waals surface area contributed by atoms with Gasteiger partial charge in [0.25, 0.3) is 0 Å². The Hall–Kier alpha value is -0.960. The Balaban J connectivity index is 2.41. The molecule has 0 spiro atoms. The fourth-order valence-corrected chi connectivity index (χ4v) is 1.28. The van der Waals surface area contributed by atoms with Gasteiger partial charge in [0.1, 0.15) is 0 Å². The number of rotatable bonds is 4. The minimum absolute atomic E-state index is 0.00261. The lowest BCUT2D eigenvalue weighted by molar-refractivity contribution is -0.121. The molecule has 82 valence electrons. The first-order valence-electron chi connectivity index (χ1n) is 5.11. The lowest BCUT2D eigenvalue weighted by Crippen LogP contribution is -2.33. The zero-order valence-corrected chi connectivity index (χ0v) is 10.00. The van der Waals surface area contributed by atoms with Crippen molar-refractivity contribution in [1.29, 1.82) is 0 Å². The summed E-state index contributed by atoms with van der Waals surface area (Å²) in [5.74, 6) is 0.251. The van der Waals surface area contributed by atoms with Crippen LogP contribution in [0.25, 0.3) is 0 Å². The highest BCUT2D eigenvalue weighted by molar-refractivity contribution is 7.81. The van der Waals surface area contributed by atoms with Crippen LogP contribution in [0.4, 0.5) is 0 Å². The van der Waals surface area contributed by atoms with Gasteiger partial charge in [-0.2, -0.15) is 12.6 Å². The number of carbonyl (C=O) groups excluding carboxylic acids is 1. The first-order chi connectivity index (χ1) is 7.11. The number of hydrogen-bond donors (Lipinski definition) is 2. The van der Waals surface area contributed by atoms with Gasteiger partial charge >= 0.3 is 0 Å². The lowest BCUT2D eigenvalue weighted by Gasteiger charge is -2.14. The van der Waals surface area contributed by atoms with E-state index in [2.05, 4.69) is 17.9 Å². The molecule has 0 saturated heterocycles. The third kappa shape index (κ3) is 3.96. The number of thiol groups is 1. The van der Waals surface area contributed by atoms with Crippen LogP contribution < -0.4 is 5.32 Å². The van der Waals surface area contributed by atoms with Crippen LogP contribution in [0.5, 0.6) is 0 Å². The van der Waals surface area contributed by atoms with Gasteiger partial charge in [-0.25, -0.2) is 0 Å². The maximum Gasteiger partial charge on any atom is 0.233 e. The summed E-state index contributed by atoms with van der Waals surface area (Å²) in [6.45, 7) is 4.54. The minimum Gasteiger partial charge on any atom is -0.351 e. The van der Waals surface area contributed by atoms with E-state index >= 15 is 0 Å². The highest BCUT2D eigenvalue weighted by Crippen LogP contribution is 2.08. The largest absolute Gasteiger partial charge is 0.351 e. The fraction of sp³-hybridized carbons (Fsp3) is 0.417. The molecule has 15 heavy (non-hydrogen) atoms. The standard InChI is InChI=1S/C12H17NOS/c1-9(2)11(15)12(14)13-8-10-6-4-3-5-7-10/h3-7,9,11,15H,8H2,1-2H3,(H,13,14). The molecule has 2 nitrogen and oxygen atoms in total. The Morgan fingerprint density at radius 3 is 2.47 bits per heavy atom. The molecule has 1 amide bonds. The van der Waals surface area contributed by atoms with Crippen LogP contribution in [-0.2, 0) is 11.3 Å². The minimum atomic E-state index is -0.228. The predicted molar refractivity (Wildman–Crippen MR) is 65.9 cm³/mol. The number of carbonyl (C=O) groups is 1. The molecular formula is C12H17NOS. The topological polar surface area (TPSA) is 29.1 Å². The summed E-state index contributed by atoms with van der Waals surface area (Å²) in [6, 6.07) is 9.86. The molecule has 0 radical (unpaired) electrons. The summed E-state index contributed by atoms with van der Waals surface area (Å²) in [7, 11) is 0. The average molecular weight is 223 g/mol. The van der Waals surface area contributed by atoms with Crippen molar-refractivity contribution in [3.63, 3.8) is 0 Å². The van der Waals surface area contributed by atoms with Crippen LogP contribution >= 0.6 is 12.6 Å². The number of hydrogen-bond acceptors (Lipinski definition) is 2. The van der Waals surface area contributed by atoms with Gasteiger partial charge in [-0.3, -0.25) is 4.79 Å². The van der Waals surface area contributed by atoms with Crippen LogP contribution in [0.15, 0.2) is 30.3 Å². The van der Waals surface area contributed by atoms with E-state index in [1.807, 2.05) is 44.2 Å². The molecule has 1 atom stereocenters. The Kier molecular flexibility index (Phi) is 4.69. The Bertz CT molecular complexity index is 311. The fourth-order valence-electron chi connectivity index (χ4n) is 1.19. The second kappa shape index (κ2) is 5.81. The lowest BCUT2D eigenvalue weighted by atomic mass is 10.1. The predicted octanol–water partition coefficient (Wildman–Crippen LogP) is 2.26. The Morgan fingerprint density at radius 2 is 1.93 bits per heavy atom. The zero-order valence-electron chi connectivity index (χ0n) is 9.10. The average Bonchev–Trinajstić information content (AvgIpc) is 2.26. The normalized spacial score (nSPS) is 12.5. The molecule has 0 bridgehead atoms. The van der Waals surface area contributed by atoms with Gasteiger partial charge in [-0.1, -0.05) is 44.2 Å². The smallest absolute Gasteiger partial charge is 0.233 e. The van der Waals surface area contributed by atoms with E-state index in [1.165, 1.54) is 0 Å². The third-order valence-corrected chi connectivity index (χ3v) is 3.04. The summed E-state index contributed by atoms with van der Waals surface area (Å²) in [4.78, 5) is 11.6. The molecule has 1 unspecified atom stereocenters. The van der Waals surface area contributed by atoms with E-state index < -0.39 is 0 Å². The van der Waals surface area contributed by atoms with Crippen molar-refractivity contribution in [3.05, 3.63) is 35.9 Å². The van der Waals surface area contributed by atoms with Crippen molar-refractivity contribution in [1.82, 2.24) is 5.32 Å². The van der Waals surface area contributed by atoms with Crippen LogP contribution in [0.2, 0.25) is 0 Å². The summed E-state index contributed by atoms with van der Waals surface area (Å²) >= 11 is 4.25. The first kappa shape index (κ1) is 12.1. The van der Waals surface area contributed by atoms with Crippen LogP contribution in [0, 0.1) is 5.92 Å². The second-order valence-corrected chi connectivity index (χ2v) is 4.45. The van der Waals surface area contributed by atoms with Gasteiger partial charge in [0.15, 0.2) is 0 Å². The molecule has 1 rings (SSSR count). The molecule has 0 aromatic heterocycles. The van der Waals surface area contributed by atoms with E-state index in [9.17, 15) is 4.79 Å². The maximum atomic E-state index is 11.6. The summed E-state index contributed by atoms with van der Waals surface area (Å²) in [5.41, 5.74) is 1.11. The monoisotopic (exact) mass is 223 g/mol. The summed E-state index contributed by atoms with van der Waals surface area (Å²) < 4.78 is 0. The number of amides is 1. The van der Waals surface area contributed by atoms with Crippen LogP contribution in [-0.4, -0.2) is 11.2 Å². The summed E-state index contributed by atoms with van der Waals surface area (Å²) in [6.07, 6.45) is 0. The third-order valence-electron chi connectivity index (χ3n) is 2.21. The molecular weight excluding hydrogens is 206 g/mol. The Morgan fingerprint density at radius 1 is 1.33 bits per heavy atom. The van der Waals surface area contributed by atoms with E-state index in [0.29, 0.717) is 6.54 Å². The second-order valence-electron chi connectivity index (χ2n) is 3.89. The van der Waals surface area contributed by atoms with E-state index in [0.717, 1.165) is 5.56 Å². The highest BCUT2D eigenvalue weighted by atomic mass is 32.1. The maximum absolute atomic E-state index is 11.6. The SMILES string of the molecule is CC(C)C(S)C(=O)NCc1ccccc1. The van der Waals surface area contributed by atoms with Gasteiger partial charge in [-0.05, 0) is 11.5 Å². The zero-order chi connectivity index (χ0) is 11.3. The number of nitrogens with one attached hydrogen (secondary N) is 1. The van der Waals surface area contributed by atoms with Gasteiger partial charge in [0.05, 0.1) is 5.25 Å². The van der Waals surface area contributed by atoms with Gasteiger partial charge < -0.3 is 5.32 Å². The van der Waals surface area contributed by atoms with E-state index in [1.54, 1.807) is 0 Å². The van der Waals surface area contributed by atoms with Crippen LogP contribution in [0.3, 0.4) is 0 Å². The molecule has 0 aliphatic rings.